The fraction of sp³-hybridized carbons (Fsp3) is 0.458. The normalized spacial score (nSPS) is 24.8. The second-order valence-corrected chi connectivity index (χ2v) is 10.5. The van der Waals surface area contributed by atoms with E-state index < -0.39 is 11.6 Å². The third kappa shape index (κ3) is 4.08. The van der Waals surface area contributed by atoms with E-state index in [1.54, 1.807) is 4.90 Å². The van der Waals surface area contributed by atoms with Gasteiger partial charge >= 0.3 is 6.18 Å². The van der Waals surface area contributed by atoms with Crippen molar-refractivity contribution in [2.24, 2.45) is 5.92 Å². The van der Waals surface area contributed by atoms with Gasteiger partial charge in [0.05, 0.1) is 21.1 Å². The third-order valence-corrected chi connectivity index (χ3v) is 8.38. The van der Waals surface area contributed by atoms with Gasteiger partial charge in [-0.25, -0.2) is 0 Å². The number of carbonyl (C=O) groups excluding carboxylic acids is 1. The number of rotatable bonds is 4. The van der Waals surface area contributed by atoms with Crippen LogP contribution in [0.3, 0.4) is 0 Å². The molecule has 2 atom stereocenters. The number of fused-ring (bicyclic) bond motifs is 1. The molecule has 0 radical (unpaired) electrons. The molecule has 1 amide bonds. The van der Waals surface area contributed by atoms with E-state index in [4.69, 9.17) is 34.8 Å². The molecular formula is C24H22Cl3F3N2O. The summed E-state index contributed by atoms with van der Waals surface area (Å²) in [5.74, 6) is 0.245. The first-order valence-corrected chi connectivity index (χ1v) is 12.1. The Morgan fingerprint density at radius 1 is 1.06 bits per heavy atom. The summed E-state index contributed by atoms with van der Waals surface area (Å²) in [5.41, 5.74) is 0.826. The van der Waals surface area contributed by atoms with Crippen LogP contribution in [0.5, 0.6) is 0 Å². The van der Waals surface area contributed by atoms with Crippen molar-refractivity contribution in [3.05, 3.63) is 62.1 Å². The van der Waals surface area contributed by atoms with E-state index in [1.165, 1.54) is 12.1 Å². The molecule has 3 aliphatic rings. The lowest BCUT2D eigenvalue weighted by Gasteiger charge is -2.33. The molecule has 0 aromatic heterocycles. The van der Waals surface area contributed by atoms with Crippen molar-refractivity contribution in [3.63, 3.8) is 0 Å². The van der Waals surface area contributed by atoms with Gasteiger partial charge in [-0.15, -0.1) is 0 Å². The number of carbonyl (C=O) groups is 1. The Labute approximate surface area is 205 Å². The lowest BCUT2D eigenvalue weighted by Crippen LogP contribution is -2.45. The quantitative estimate of drug-likeness (QED) is 0.449. The molecule has 0 bridgehead atoms. The van der Waals surface area contributed by atoms with Gasteiger partial charge in [0, 0.05) is 24.7 Å². The second-order valence-electron chi connectivity index (χ2n) is 9.26. The molecule has 1 N–H and O–H groups in total. The Morgan fingerprint density at radius 3 is 2.39 bits per heavy atom. The van der Waals surface area contributed by atoms with E-state index in [-0.39, 0.29) is 58.0 Å². The van der Waals surface area contributed by atoms with Gasteiger partial charge in [0.15, 0.2) is 0 Å². The van der Waals surface area contributed by atoms with Crippen molar-refractivity contribution in [2.45, 2.75) is 49.7 Å². The molecule has 2 unspecified atom stereocenters. The minimum absolute atomic E-state index is 0.0121. The van der Waals surface area contributed by atoms with Gasteiger partial charge in [0.2, 0.25) is 5.91 Å². The Bertz CT molecular complexity index is 1100. The van der Waals surface area contributed by atoms with Crippen LogP contribution in [-0.2, 0) is 16.6 Å². The van der Waals surface area contributed by atoms with Crippen molar-refractivity contribution in [2.75, 3.05) is 18.0 Å². The average Bonchev–Trinajstić information content (AvgIpc) is 3.39. The molecule has 2 fully saturated rings. The molecule has 5 rings (SSSR count). The van der Waals surface area contributed by atoms with Gasteiger partial charge in [0.25, 0.3) is 0 Å². The zero-order valence-electron chi connectivity index (χ0n) is 17.6. The molecule has 9 heteroatoms. The predicted octanol–water partition coefficient (Wildman–Crippen LogP) is 6.87. The molecule has 3 nitrogen and oxygen atoms in total. The number of nitrogens with one attached hydrogen (secondary N) is 1. The third-order valence-electron chi connectivity index (χ3n) is 7.18. The van der Waals surface area contributed by atoms with Crippen LogP contribution in [-0.4, -0.2) is 25.2 Å². The fourth-order valence-electron chi connectivity index (χ4n) is 5.08. The summed E-state index contributed by atoms with van der Waals surface area (Å²) in [4.78, 5) is 13.9. The SMILES string of the molecule is O=C(NC1CCc2cc(N3CCC(c4cc(Cl)c(Cl)c(Cl)c4)(C(F)(F)F)C3)ccc21)C1CC1. The monoisotopic (exact) mass is 516 g/mol. The first-order valence-electron chi connectivity index (χ1n) is 11.0. The highest BCUT2D eigenvalue weighted by Gasteiger charge is 2.59. The van der Waals surface area contributed by atoms with Gasteiger partial charge in [-0.05, 0) is 73.1 Å². The summed E-state index contributed by atoms with van der Waals surface area (Å²) in [7, 11) is 0. The molecule has 2 aliphatic carbocycles. The van der Waals surface area contributed by atoms with E-state index in [1.807, 2.05) is 18.2 Å². The number of alkyl halides is 3. The Hall–Kier alpha value is -1.63. The van der Waals surface area contributed by atoms with Crippen LogP contribution in [0.2, 0.25) is 15.1 Å². The van der Waals surface area contributed by atoms with Gasteiger partial charge in [-0.3, -0.25) is 4.79 Å². The van der Waals surface area contributed by atoms with Crippen molar-refractivity contribution in [3.8, 4) is 0 Å². The first kappa shape index (κ1) is 23.1. The molecule has 1 aliphatic heterocycles. The number of hydrogen-bond acceptors (Lipinski definition) is 2. The molecule has 2 aromatic carbocycles. The number of halogens is 6. The van der Waals surface area contributed by atoms with E-state index in [0.29, 0.717) is 0 Å². The number of aryl methyl sites for hydroxylation is 1. The van der Waals surface area contributed by atoms with Crippen molar-refractivity contribution in [1.29, 1.82) is 0 Å². The van der Waals surface area contributed by atoms with Gasteiger partial charge < -0.3 is 10.2 Å². The topological polar surface area (TPSA) is 32.3 Å². The summed E-state index contributed by atoms with van der Waals surface area (Å²) in [6.07, 6.45) is -1.10. The van der Waals surface area contributed by atoms with Crippen LogP contribution in [0, 0.1) is 5.92 Å². The van der Waals surface area contributed by atoms with Crippen LogP contribution in [0.25, 0.3) is 0 Å². The molecule has 33 heavy (non-hydrogen) atoms. The van der Waals surface area contributed by atoms with E-state index in [0.717, 1.165) is 42.5 Å². The van der Waals surface area contributed by atoms with E-state index in [2.05, 4.69) is 5.32 Å². The van der Waals surface area contributed by atoms with E-state index >= 15 is 0 Å². The zero-order chi connectivity index (χ0) is 23.5. The maximum Gasteiger partial charge on any atom is 0.400 e. The molecule has 176 valence electrons. The lowest BCUT2D eigenvalue weighted by molar-refractivity contribution is -0.184. The number of anilines is 1. The maximum atomic E-state index is 14.4. The maximum absolute atomic E-state index is 14.4. The summed E-state index contributed by atoms with van der Waals surface area (Å²) >= 11 is 18.1. The first-order chi connectivity index (χ1) is 15.6. The number of benzene rings is 2. The predicted molar refractivity (Wildman–Crippen MR) is 124 cm³/mol. The summed E-state index contributed by atoms with van der Waals surface area (Å²) < 4.78 is 43.3. The van der Waals surface area contributed by atoms with Crippen LogP contribution >= 0.6 is 34.8 Å². The van der Waals surface area contributed by atoms with Gasteiger partial charge in [-0.2, -0.15) is 13.2 Å². The smallest absolute Gasteiger partial charge is 0.370 e. The Balaban J connectivity index is 1.41. The van der Waals surface area contributed by atoms with Crippen LogP contribution in [0.1, 0.15) is 48.4 Å². The summed E-state index contributed by atoms with van der Waals surface area (Å²) in [6.45, 7) is 0.0173. The molecule has 1 saturated carbocycles. The standard InChI is InChI=1S/C24H22Cl3F3N2O/c25-18-10-15(11-19(26)21(18)27)23(24(28,29)30)7-8-32(12-23)16-4-5-17-14(9-16)3-6-20(17)31-22(33)13-1-2-13/h4-5,9-11,13,20H,1-3,6-8,12H2,(H,31,33). The second kappa shape index (κ2) is 8.24. The fourth-order valence-corrected chi connectivity index (χ4v) is 5.67. The molecule has 1 heterocycles. The molecular weight excluding hydrogens is 496 g/mol. The lowest BCUT2D eigenvalue weighted by atomic mass is 9.79. The highest BCUT2D eigenvalue weighted by atomic mass is 35.5. The summed E-state index contributed by atoms with van der Waals surface area (Å²) in [6, 6.07) is 8.31. The Morgan fingerprint density at radius 2 is 1.76 bits per heavy atom. The van der Waals surface area contributed by atoms with Crippen molar-refractivity contribution in [1.82, 2.24) is 5.32 Å². The van der Waals surface area contributed by atoms with Crippen molar-refractivity contribution >= 4 is 46.4 Å². The highest BCUT2D eigenvalue weighted by molar-refractivity contribution is 6.48. The van der Waals surface area contributed by atoms with Crippen LogP contribution in [0.4, 0.5) is 18.9 Å². The molecule has 0 spiro atoms. The minimum Gasteiger partial charge on any atom is -0.370 e. The van der Waals surface area contributed by atoms with Crippen LogP contribution < -0.4 is 10.2 Å². The highest BCUT2D eigenvalue weighted by Crippen LogP contribution is 2.50. The number of nitrogens with zero attached hydrogens (tertiary/aromatic N) is 1. The van der Waals surface area contributed by atoms with Crippen molar-refractivity contribution < 1.29 is 18.0 Å². The zero-order valence-corrected chi connectivity index (χ0v) is 19.9. The summed E-state index contributed by atoms with van der Waals surface area (Å²) in [5, 5.41) is 3.19. The van der Waals surface area contributed by atoms with Gasteiger partial charge in [-0.1, -0.05) is 40.9 Å². The number of hydrogen-bond donors (Lipinski definition) is 1. The average molecular weight is 518 g/mol. The molecule has 1 saturated heterocycles. The largest absolute Gasteiger partial charge is 0.400 e. The Kier molecular flexibility index (Phi) is 5.78. The van der Waals surface area contributed by atoms with Crippen LogP contribution in [0.15, 0.2) is 30.3 Å². The van der Waals surface area contributed by atoms with E-state index in [9.17, 15) is 18.0 Å². The molecule has 2 aromatic rings. The van der Waals surface area contributed by atoms with Gasteiger partial charge in [0.1, 0.15) is 5.41 Å². The minimum atomic E-state index is -4.49. The number of amides is 1.